The minimum atomic E-state index is -4.30. The van der Waals surface area contributed by atoms with Gasteiger partial charge in [0.15, 0.2) is 11.5 Å². The van der Waals surface area contributed by atoms with Crippen molar-refractivity contribution in [1.29, 1.82) is 0 Å². The maximum Gasteiger partial charge on any atom is 0.264 e. The molecule has 0 radical (unpaired) electrons. The van der Waals surface area contributed by atoms with Gasteiger partial charge in [-0.2, -0.15) is 0 Å². The third-order valence-corrected chi connectivity index (χ3v) is 9.36. The van der Waals surface area contributed by atoms with Crippen molar-refractivity contribution in [2.75, 3.05) is 32.2 Å². The highest BCUT2D eigenvalue weighted by atomic mass is 32.2. The first-order chi connectivity index (χ1) is 21.4. The summed E-state index contributed by atoms with van der Waals surface area (Å²) in [7, 11) is 0.135. The zero-order valence-electron chi connectivity index (χ0n) is 27.4. The molecule has 3 rings (SSSR count). The number of anilines is 1. The van der Waals surface area contributed by atoms with Crippen LogP contribution in [0.15, 0.2) is 65.6 Å². The Balaban J connectivity index is 2.15. The molecule has 0 fully saturated rings. The smallest absolute Gasteiger partial charge is 0.264 e. The van der Waals surface area contributed by atoms with E-state index in [1.807, 2.05) is 46.8 Å². The van der Waals surface area contributed by atoms with E-state index in [1.54, 1.807) is 37.4 Å². The van der Waals surface area contributed by atoms with Gasteiger partial charge in [-0.3, -0.25) is 13.9 Å². The second-order valence-corrected chi connectivity index (χ2v) is 12.9. The number of carbonyl (C=O) groups excluding carboxylic acids is 2. The van der Waals surface area contributed by atoms with Crippen LogP contribution in [-0.4, -0.2) is 65.1 Å². The number of rotatable bonds is 15. The van der Waals surface area contributed by atoms with Gasteiger partial charge in [0, 0.05) is 18.7 Å². The van der Waals surface area contributed by atoms with E-state index < -0.39 is 28.5 Å². The Bertz CT molecular complexity index is 1570. The van der Waals surface area contributed by atoms with Gasteiger partial charge in [0.25, 0.3) is 10.0 Å². The van der Waals surface area contributed by atoms with Crippen LogP contribution in [0.4, 0.5) is 5.69 Å². The number of sulfonamides is 1. The highest BCUT2D eigenvalue weighted by Crippen LogP contribution is 2.33. The first-order valence-corrected chi connectivity index (χ1v) is 16.4. The lowest BCUT2D eigenvalue weighted by Crippen LogP contribution is -2.53. The molecule has 11 heteroatoms. The number of ether oxygens (including phenoxy) is 3. The number of aryl methyl sites for hydroxylation is 2. The lowest BCUT2D eigenvalue weighted by atomic mass is 10.1. The Morgan fingerprint density at radius 1 is 0.844 bits per heavy atom. The number of nitrogens with one attached hydrogen (secondary N) is 1. The van der Waals surface area contributed by atoms with Gasteiger partial charge in [-0.25, -0.2) is 8.42 Å². The molecule has 0 aromatic heterocycles. The number of methoxy groups -OCH3 is 3. The minimum Gasteiger partial charge on any atom is -0.497 e. The van der Waals surface area contributed by atoms with Crippen molar-refractivity contribution in [3.05, 3.63) is 77.4 Å². The van der Waals surface area contributed by atoms with Gasteiger partial charge in [0.2, 0.25) is 11.8 Å². The summed E-state index contributed by atoms with van der Waals surface area (Å²) in [6, 6.07) is 15.9. The van der Waals surface area contributed by atoms with Crippen molar-refractivity contribution in [2.45, 2.75) is 71.0 Å². The standard InChI is InChI=1S/C34H45N3O7S/c1-9-25(5)35-34(39)30(10-2)36(21-26-12-11-13-28(19-26)42-6)33(38)22-37(27-17-23(3)16-24(4)18-27)45(40,41)29-14-15-31(43-7)32(20-29)44-8/h11-20,25,30H,9-10,21-22H2,1-8H3,(H,35,39)/t25-,30-/m0/s1. The molecule has 45 heavy (non-hydrogen) atoms. The summed E-state index contributed by atoms with van der Waals surface area (Å²) >= 11 is 0. The molecule has 0 unspecified atom stereocenters. The average molecular weight is 640 g/mol. The van der Waals surface area contributed by atoms with E-state index in [-0.39, 0.29) is 29.1 Å². The Labute approximate surface area is 267 Å². The molecule has 1 N–H and O–H groups in total. The first kappa shape index (κ1) is 35.2. The van der Waals surface area contributed by atoms with Crippen molar-refractivity contribution in [3.63, 3.8) is 0 Å². The van der Waals surface area contributed by atoms with Crippen LogP contribution in [0.1, 0.15) is 50.3 Å². The molecule has 2 atom stereocenters. The van der Waals surface area contributed by atoms with Crippen molar-refractivity contribution < 1.29 is 32.2 Å². The van der Waals surface area contributed by atoms with Crippen molar-refractivity contribution >= 4 is 27.5 Å². The molecule has 10 nitrogen and oxygen atoms in total. The fourth-order valence-electron chi connectivity index (χ4n) is 5.06. The zero-order chi connectivity index (χ0) is 33.3. The van der Waals surface area contributed by atoms with Gasteiger partial charge in [-0.1, -0.05) is 32.0 Å². The largest absolute Gasteiger partial charge is 0.497 e. The van der Waals surface area contributed by atoms with Gasteiger partial charge in [0.1, 0.15) is 18.3 Å². The topological polar surface area (TPSA) is 114 Å². The van der Waals surface area contributed by atoms with Crippen molar-refractivity contribution in [3.8, 4) is 17.2 Å². The summed E-state index contributed by atoms with van der Waals surface area (Å²) in [5.74, 6) is 0.367. The number of hydrogen-bond donors (Lipinski definition) is 1. The molecule has 0 saturated heterocycles. The molecule has 0 heterocycles. The van der Waals surface area contributed by atoms with Crippen molar-refractivity contribution in [1.82, 2.24) is 10.2 Å². The SMILES string of the molecule is CC[C@H](C)NC(=O)[C@H](CC)N(Cc1cccc(OC)c1)C(=O)CN(c1cc(C)cc(C)c1)S(=O)(=O)c1ccc(OC)c(OC)c1. The normalized spacial score (nSPS) is 12.5. The van der Waals surface area contributed by atoms with Gasteiger partial charge in [-0.05, 0) is 86.7 Å². The van der Waals surface area contributed by atoms with Gasteiger partial charge in [-0.15, -0.1) is 0 Å². The first-order valence-electron chi connectivity index (χ1n) is 14.9. The summed E-state index contributed by atoms with van der Waals surface area (Å²) in [6.07, 6.45) is 1.04. The van der Waals surface area contributed by atoms with E-state index in [4.69, 9.17) is 14.2 Å². The van der Waals surface area contributed by atoms with Crippen LogP contribution in [0.2, 0.25) is 0 Å². The quantitative estimate of drug-likeness (QED) is 0.242. The van der Waals surface area contributed by atoms with Crippen LogP contribution in [0, 0.1) is 13.8 Å². The summed E-state index contributed by atoms with van der Waals surface area (Å²) in [5, 5.41) is 2.99. The Kier molecular flexibility index (Phi) is 12.3. The molecule has 244 valence electrons. The average Bonchev–Trinajstić information content (AvgIpc) is 3.02. The highest BCUT2D eigenvalue weighted by Gasteiger charge is 2.34. The predicted octanol–water partition coefficient (Wildman–Crippen LogP) is 5.25. The molecule has 0 aliphatic heterocycles. The van der Waals surface area contributed by atoms with E-state index in [0.29, 0.717) is 23.6 Å². The molecule has 0 aliphatic carbocycles. The van der Waals surface area contributed by atoms with Crippen LogP contribution in [-0.2, 0) is 26.2 Å². The lowest BCUT2D eigenvalue weighted by Gasteiger charge is -2.34. The van der Waals surface area contributed by atoms with E-state index in [0.717, 1.165) is 27.4 Å². The molecule has 0 spiro atoms. The van der Waals surface area contributed by atoms with Gasteiger partial charge >= 0.3 is 0 Å². The number of hydrogen-bond acceptors (Lipinski definition) is 7. The second-order valence-electron chi connectivity index (χ2n) is 11.0. The van der Waals surface area contributed by atoms with E-state index in [2.05, 4.69) is 5.32 Å². The lowest BCUT2D eigenvalue weighted by molar-refractivity contribution is -0.140. The molecule has 3 aromatic carbocycles. The summed E-state index contributed by atoms with van der Waals surface area (Å²) in [5.41, 5.74) is 2.72. The fraction of sp³-hybridized carbons (Fsp3) is 0.412. The maximum absolute atomic E-state index is 14.4. The van der Waals surface area contributed by atoms with Crippen LogP contribution in [0.3, 0.4) is 0 Å². The molecule has 0 saturated carbocycles. The predicted molar refractivity (Wildman–Crippen MR) is 176 cm³/mol. The monoisotopic (exact) mass is 639 g/mol. The molecular formula is C34H45N3O7S. The Hall–Kier alpha value is -4.25. The second kappa shape index (κ2) is 15.7. The third-order valence-electron chi connectivity index (χ3n) is 7.59. The third kappa shape index (κ3) is 8.69. The molecule has 2 amide bonds. The molecular weight excluding hydrogens is 594 g/mol. The van der Waals surface area contributed by atoms with Crippen LogP contribution >= 0.6 is 0 Å². The van der Waals surface area contributed by atoms with E-state index in [1.165, 1.54) is 37.3 Å². The van der Waals surface area contributed by atoms with Gasteiger partial charge < -0.3 is 24.4 Å². The number of amides is 2. The minimum absolute atomic E-state index is 0.0690. The van der Waals surface area contributed by atoms with E-state index >= 15 is 0 Å². The Morgan fingerprint density at radius 2 is 1.51 bits per heavy atom. The molecule has 3 aromatic rings. The summed E-state index contributed by atoms with van der Waals surface area (Å²) in [6.45, 7) is 8.94. The number of nitrogens with zero attached hydrogens (tertiary/aromatic N) is 2. The zero-order valence-corrected chi connectivity index (χ0v) is 28.2. The van der Waals surface area contributed by atoms with Crippen LogP contribution in [0.5, 0.6) is 17.2 Å². The molecule has 0 bridgehead atoms. The summed E-state index contributed by atoms with van der Waals surface area (Å²) < 4.78 is 45.8. The van der Waals surface area contributed by atoms with Crippen molar-refractivity contribution in [2.24, 2.45) is 0 Å². The number of carbonyl (C=O) groups is 2. The molecule has 0 aliphatic rings. The summed E-state index contributed by atoms with van der Waals surface area (Å²) in [4.78, 5) is 29.3. The fourth-order valence-corrected chi connectivity index (χ4v) is 6.47. The maximum atomic E-state index is 14.4. The van der Waals surface area contributed by atoms with Crippen LogP contribution < -0.4 is 23.8 Å². The van der Waals surface area contributed by atoms with Crippen LogP contribution in [0.25, 0.3) is 0 Å². The Morgan fingerprint density at radius 3 is 2.09 bits per heavy atom. The van der Waals surface area contributed by atoms with Gasteiger partial charge in [0.05, 0.1) is 31.9 Å². The highest BCUT2D eigenvalue weighted by molar-refractivity contribution is 7.92. The number of benzene rings is 3. The van der Waals surface area contributed by atoms with E-state index in [9.17, 15) is 18.0 Å².